The molecule has 1 amide bonds. The molecule has 7 heteroatoms. The van der Waals surface area contributed by atoms with Crippen LogP contribution in [-0.2, 0) is 0 Å². The number of carbonyl (C=O) groups excluding carboxylic acids is 1. The van der Waals surface area contributed by atoms with Crippen LogP contribution in [0.25, 0.3) is 27.8 Å². The Labute approximate surface area is 183 Å². The lowest BCUT2D eigenvalue weighted by molar-refractivity contribution is 0.102. The predicted octanol–water partition coefficient (Wildman–Crippen LogP) is 5.39. The Kier molecular flexibility index (Phi) is 4.90. The highest BCUT2D eigenvalue weighted by Gasteiger charge is 2.23. The fraction of sp³-hybridized carbons (Fsp3) is 0. The van der Waals surface area contributed by atoms with Gasteiger partial charge in [-0.3, -0.25) is 9.78 Å². The van der Waals surface area contributed by atoms with E-state index >= 15 is 0 Å². The van der Waals surface area contributed by atoms with E-state index in [2.05, 4.69) is 20.6 Å². The Hall–Kier alpha value is -4.03. The smallest absolute Gasteiger partial charge is 0.278 e. The number of nitrogens with zero attached hydrogens (tertiary/aromatic N) is 4. The van der Waals surface area contributed by atoms with Gasteiger partial charge in [0.05, 0.1) is 11.2 Å². The average molecular weight is 426 g/mol. The summed E-state index contributed by atoms with van der Waals surface area (Å²) in [6.45, 7) is 0. The van der Waals surface area contributed by atoms with Gasteiger partial charge in [0, 0.05) is 27.9 Å². The van der Waals surface area contributed by atoms with Crippen LogP contribution in [0.4, 0.5) is 5.69 Å². The first-order chi connectivity index (χ1) is 15.2. The van der Waals surface area contributed by atoms with Crippen LogP contribution in [0, 0.1) is 0 Å². The van der Waals surface area contributed by atoms with Crippen molar-refractivity contribution in [1.29, 1.82) is 0 Å². The summed E-state index contributed by atoms with van der Waals surface area (Å²) in [6, 6.07) is 26.2. The number of para-hydroxylation sites is 1. The molecular weight excluding hydrogens is 410 g/mol. The molecule has 0 atom stereocenters. The number of aromatic nitrogens is 4. The van der Waals surface area contributed by atoms with E-state index in [1.807, 2.05) is 72.8 Å². The molecular formula is C24H16ClN5O. The number of hydrogen-bond acceptors (Lipinski definition) is 4. The minimum absolute atomic E-state index is 0.231. The number of nitrogens with one attached hydrogen (secondary N) is 1. The number of carbonyl (C=O) groups is 1. The molecule has 31 heavy (non-hydrogen) atoms. The van der Waals surface area contributed by atoms with Crippen molar-refractivity contribution in [2.75, 3.05) is 5.32 Å². The highest BCUT2D eigenvalue weighted by molar-refractivity contribution is 6.31. The lowest BCUT2D eigenvalue weighted by Crippen LogP contribution is -2.14. The second-order valence-electron chi connectivity index (χ2n) is 6.88. The summed E-state index contributed by atoms with van der Waals surface area (Å²) in [5.74, 6) is -0.335. The fourth-order valence-corrected chi connectivity index (χ4v) is 3.63. The second kappa shape index (κ2) is 8.01. The van der Waals surface area contributed by atoms with Crippen molar-refractivity contribution in [3.05, 3.63) is 102 Å². The van der Waals surface area contributed by atoms with Crippen LogP contribution in [0.1, 0.15) is 10.5 Å². The standard InChI is InChI=1S/C24H16ClN5O/c25-17-11-12-19-20(15-17)26-14-13-21(19)30-23(16-7-3-1-4-8-16)22(28-29-30)24(31)27-18-9-5-2-6-10-18/h1-15H,(H,27,31). The van der Waals surface area contributed by atoms with Gasteiger partial charge in [0.15, 0.2) is 5.69 Å². The molecule has 0 aliphatic rings. The van der Waals surface area contributed by atoms with Crippen molar-refractivity contribution in [2.45, 2.75) is 0 Å². The van der Waals surface area contributed by atoms with Gasteiger partial charge in [-0.05, 0) is 36.4 Å². The van der Waals surface area contributed by atoms with E-state index in [9.17, 15) is 4.79 Å². The van der Waals surface area contributed by atoms with Crippen LogP contribution in [0.15, 0.2) is 91.1 Å². The highest BCUT2D eigenvalue weighted by Crippen LogP contribution is 2.30. The van der Waals surface area contributed by atoms with E-state index < -0.39 is 0 Å². The van der Waals surface area contributed by atoms with Gasteiger partial charge in [-0.1, -0.05) is 65.3 Å². The van der Waals surface area contributed by atoms with Crippen molar-refractivity contribution < 1.29 is 4.79 Å². The molecule has 0 aliphatic carbocycles. The molecule has 5 aromatic rings. The first-order valence-corrected chi connectivity index (χ1v) is 10.0. The number of fused-ring (bicyclic) bond motifs is 1. The van der Waals surface area contributed by atoms with E-state index in [1.54, 1.807) is 23.0 Å². The molecule has 0 bridgehead atoms. The molecule has 0 aliphatic heterocycles. The Morgan fingerprint density at radius 1 is 0.903 bits per heavy atom. The van der Waals surface area contributed by atoms with Crippen molar-refractivity contribution >= 4 is 34.1 Å². The molecule has 5 rings (SSSR count). The molecule has 0 spiro atoms. The Morgan fingerprint density at radius 3 is 2.42 bits per heavy atom. The van der Waals surface area contributed by atoms with E-state index in [-0.39, 0.29) is 11.6 Å². The third-order valence-electron chi connectivity index (χ3n) is 4.87. The summed E-state index contributed by atoms with van der Waals surface area (Å²) in [5, 5.41) is 12.9. The topological polar surface area (TPSA) is 72.7 Å². The van der Waals surface area contributed by atoms with Crippen LogP contribution in [0.3, 0.4) is 0 Å². The lowest BCUT2D eigenvalue weighted by Gasteiger charge is -2.11. The molecule has 1 N–H and O–H groups in total. The van der Waals surface area contributed by atoms with Crippen LogP contribution < -0.4 is 5.32 Å². The van der Waals surface area contributed by atoms with Gasteiger partial charge in [-0.2, -0.15) is 0 Å². The number of anilines is 1. The first-order valence-electron chi connectivity index (χ1n) is 9.63. The van der Waals surface area contributed by atoms with Crippen LogP contribution in [0.5, 0.6) is 0 Å². The van der Waals surface area contributed by atoms with Crippen molar-refractivity contribution in [2.24, 2.45) is 0 Å². The van der Waals surface area contributed by atoms with Gasteiger partial charge in [-0.15, -0.1) is 5.10 Å². The van der Waals surface area contributed by atoms with Gasteiger partial charge < -0.3 is 5.32 Å². The van der Waals surface area contributed by atoms with Gasteiger partial charge >= 0.3 is 0 Å². The second-order valence-corrected chi connectivity index (χ2v) is 7.31. The van der Waals surface area contributed by atoms with E-state index in [0.717, 1.165) is 22.2 Å². The Morgan fingerprint density at radius 2 is 1.65 bits per heavy atom. The third-order valence-corrected chi connectivity index (χ3v) is 5.11. The van der Waals surface area contributed by atoms with Crippen LogP contribution in [-0.4, -0.2) is 25.9 Å². The molecule has 0 fully saturated rings. The Balaban J connectivity index is 1.68. The van der Waals surface area contributed by atoms with Gasteiger partial charge in [-0.25, -0.2) is 4.68 Å². The number of hydrogen-bond donors (Lipinski definition) is 1. The zero-order chi connectivity index (χ0) is 21.2. The lowest BCUT2D eigenvalue weighted by atomic mass is 10.1. The molecule has 2 aromatic heterocycles. The summed E-state index contributed by atoms with van der Waals surface area (Å²) < 4.78 is 1.67. The molecule has 0 saturated heterocycles. The number of amides is 1. The largest absolute Gasteiger partial charge is 0.321 e. The van der Waals surface area contributed by atoms with Crippen molar-refractivity contribution in [3.63, 3.8) is 0 Å². The number of pyridine rings is 1. The summed E-state index contributed by atoms with van der Waals surface area (Å²) in [7, 11) is 0. The molecule has 0 unspecified atom stereocenters. The molecule has 2 heterocycles. The van der Waals surface area contributed by atoms with Gasteiger partial charge in [0.1, 0.15) is 5.69 Å². The SMILES string of the molecule is O=C(Nc1ccccc1)c1nnn(-c2ccnc3cc(Cl)ccc23)c1-c1ccccc1. The van der Waals surface area contributed by atoms with Gasteiger partial charge in [0.25, 0.3) is 5.91 Å². The van der Waals surface area contributed by atoms with Gasteiger partial charge in [0.2, 0.25) is 0 Å². The maximum atomic E-state index is 13.1. The summed E-state index contributed by atoms with van der Waals surface area (Å²) in [6.07, 6.45) is 1.69. The summed E-state index contributed by atoms with van der Waals surface area (Å²) >= 11 is 6.14. The maximum absolute atomic E-state index is 13.1. The minimum Gasteiger partial charge on any atom is -0.321 e. The zero-order valence-corrected chi connectivity index (χ0v) is 17.0. The highest BCUT2D eigenvalue weighted by atomic mass is 35.5. The Bertz CT molecular complexity index is 1380. The van der Waals surface area contributed by atoms with Crippen LogP contribution in [0.2, 0.25) is 5.02 Å². The number of benzene rings is 3. The molecule has 3 aromatic carbocycles. The van der Waals surface area contributed by atoms with Crippen LogP contribution >= 0.6 is 11.6 Å². The zero-order valence-electron chi connectivity index (χ0n) is 16.2. The molecule has 0 radical (unpaired) electrons. The van der Waals surface area contributed by atoms with E-state index in [1.165, 1.54) is 0 Å². The third kappa shape index (κ3) is 3.65. The van der Waals surface area contributed by atoms with Crippen molar-refractivity contribution in [3.8, 4) is 16.9 Å². The van der Waals surface area contributed by atoms with Crippen molar-refractivity contribution in [1.82, 2.24) is 20.0 Å². The summed E-state index contributed by atoms with van der Waals surface area (Å²) in [5.41, 5.74) is 3.82. The van der Waals surface area contributed by atoms with E-state index in [0.29, 0.717) is 16.4 Å². The number of halogens is 1. The monoisotopic (exact) mass is 425 g/mol. The normalized spacial score (nSPS) is 10.9. The van der Waals surface area contributed by atoms with E-state index in [4.69, 9.17) is 11.6 Å². The first kappa shape index (κ1) is 19.0. The molecule has 6 nitrogen and oxygen atoms in total. The quantitative estimate of drug-likeness (QED) is 0.419. The maximum Gasteiger partial charge on any atom is 0.278 e. The number of rotatable bonds is 4. The average Bonchev–Trinajstić information content (AvgIpc) is 3.25. The molecule has 0 saturated carbocycles. The fourth-order valence-electron chi connectivity index (χ4n) is 3.46. The predicted molar refractivity (Wildman–Crippen MR) is 122 cm³/mol. The molecule has 150 valence electrons. The summed E-state index contributed by atoms with van der Waals surface area (Å²) in [4.78, 5) is 17.5. The minimum atomic E-state index is -0.335.